The molecule has 1 atom stereocenters. The molecule has 1 saturated heterocycles. The van der Waals surface area contributed by atoms with Gasteiger partial charge in [0.05, 0.1) is 4.92 Å². The van der Waals surface area contributed by atoms with Crippen LogP contribution in [-0.4, -0.2) is 42.0 Å². The van der Waals surface area contributed by atoms with Crippen molar-refractivity contribution in [3.63, 3.8) is 0 Å². The standard InChI is InChI=1S/C15H24N4O2/c1-3-16-13-7-6-8-14(15(13)19(20)21)17-11-12(2)18-9-4-5-10-18/h6-8,12,16-17H,3-5,9-11H2,1-2H3. The molecule has 1 unspecified atom stereocenters. The van der Waals surface area contributed by atoms with Gasteiger partial charge in [-0.05, 0) is 51.9 Å². The molecule has 1 heterocycles. The van der Waals surface area contributed by atoms with Crippen LogP contribution in [0.15, 0.2) is 18.2 Å². The van der Waals surface area contributed by atoms with Crippen molar-refractivity contribution in [2.24, 2.45) is 0 Å². The highest BCUT2D eigenvalue weighted by molar-refractivity contribution is 5.76. The summed E-state index contributed by atoms with van der Waals surface area (Å²) in [6.07, 6.45) is 2.50. The van der Waals surface area contributed by atoms with E-state index in [9.17, 15) is 10.1 Å². The Morgan fingerprint density at radius 2 is 1.90 bits per heavy atom. The molecule has 0 aliphatic carbocycles. The zero-order valence-corrected chi connectivity index (χ0v) is 12.8. The second kappa shape index (κ2) is 7.26. The molecule has 0 aromatic heterocycles. The molecule has 0 saturated carbocycles. The second-order valence-electron chi connectivity index (χ2n) is 5.46. The van der Waals surface area contributed by atoms with Gasteiger partial charge in [-0.25, -0.2) is 0 Å². The quantitative estimate of drug-likeness (QED) is 0.597. The maximum atomic E-state index is 11.3. The van der Waals surface area contributed by atoms with Crippen LogP contribution in [0, 0.1) is 10.1 Å². The van der Waals surface area contributed by atoms with Crippen molar-refractivity contribution in [2.45, 2.75) is 32.7 Å². The highest BCUT2D eigenvalue weighted by Crippen LogP contribution is 2.32. The molecule has 1 fully saturated rings. The number of hydrogen-bond donors (Lipinski definition) is 2. The van der Waals surface area contributed by atoms with E-state index in [-0.39, 0.29) is 10.6 Å². The lowest BCUT2D eigenvalue weighted by Crippen LogP contribution is -2.35. The fourth-order valence-corrected chi connectivity index (χ4v) is 2.79. The largest absolute Gasteiger partial charge is 0.380 e. The normalized spacial score (nSPS) is 16.7. The summed E-state index contributed by atoms with van der Waals surface area (Å²) in [5.41, 5.74) is 1.29. The Hall–Kier alpha value is -1.82. The van der Waals surface area contributed by atoms with Gasteiger partial charge < -0.3 is 10.6 Å². The highest BCUT2D eigenvalue weighted by Gasteiger charge is 2.21. The Kier molecular flexibility index (Phi) is 5.38. The second-order valence-corrected chi connectivity index (χ2v) is 5.46. The van der Waals surface area contributed by atoms with Gasteiger partial charge in [0, 0.05) is 19.1 Å². The van der Waals surface area contributed by atoms with Crippen molar-refractivity contribution < 1.29 is 4.92 Å². The third-order valence-corrected chi connectivity index (χ3v) is 3.94. The predicted molar refractivity (Wildman–Crippen MR) is 86.0 cm³/mol. The molecule has 6 heteroatoms. The average molecular weight is 292 g/mol. The van der Waals surface area contributed by atoms with Gasteiger partial charge in [-0.2, -0.15) is 0 Å². The van der Waals surface area contributed by atoms with E-state index in [1.165, 1.54) is 12.8 Å². The molecular formula is C15H24N4O2. The first kappa shape index (κ1) is 15.6. The van der Waals surface area contributed by atoms with E-state index in [1.54, 1.807) is 12.1 Å². The van der Waals surface area contributed by atoms with Gasteiger partial charge >= 0.3 is 5.69 Å². The number of hydrogen-bond acceptors (Lipinski definition) is 5. The number of likely N-dealkylation sites (tertiary alicyclic amines) is 1. The molecule has 1 aromatic rings. The molecule has 0 amide bonds. The average Bonchev–Trinajstić information content (AvgIpc) is 2.99. The van der Waals surface area contributed by atoms with Crippen molar-refractivity contribution in [3.05, 3.63) is 28.3 Å². The van der Waals surface area contributed by atoms with E-state index >= 15 is 0 Å². The van der Waals surface area contributed by atoms with Crippen molar-refractivity contribution in [2.75, 3.05) is 36.8 Å². The van der Waals surface area contributed by atoms with Gasteiger partial charge in [0.25, 0.3) is 0 Å². The minimum Gasteiger partial charge on any atom is -0.380 e. The molecule has 6 nitrogen and oxygen atoms in total. The van der Waals surface area contributed by atoms with E-state index < -0.39 is 0 Å². The molecule has 1 aliphatic heterocycles. The predicted octanol–water partition coefficient (Wildman–Crippen LogP) is 2.92. The number of nitro groups is 1. The Morgan fingerprint density at radius 1 is 1.29 bits per heavy atom. The molecular weight excluding hydrogens is 268 g/mol. The van der Waals surface area contributed by atoms with Crippen molar-refractivity contribution >= 4 is 17.1 Å². The first-order chi connectivity index (χ1) is 10.1. The van der Waals surface area contributed by atoms with E-state index in [4.69, 9.17) is 0 Å². The van der Waals surface area contributed by atoms with Gasteiger partial charge in [-0.15, -0.1) is 0 Å². The number of nitrogens with zero attached hydrogens (tertiary/aromatic N) is 2. The summed E-state index contributed by atoms with van der Waals surface area (Å²) in [6, 6.07) is 5.75. The van der Waals surface area contributed by atoms with Gasteiger partial charge in [0.2, 0.25) is 0 Å². The summed E-state index contributed by atoms with van der Waals surface area (Å²) in [7, 11) is 0. The molecule has 21 heavy (non-hydrogen) atoms. The number of anilines is 2. The van der Waals surface area contributed by atoms with Crippen LogP contribution in [0.2, 0.25) is 0 Å². The summed E-state index contributed by atoms with van der Waals surface area (Å²) >= 11 is 0. The number of nitro benzene ring substituents is 1. The number of nitrogens with one attached hydrogen (secondary N) is 2. The first-order valence-corrected chi connectivity index (χ1v) is 7.62. The van der Waals surface area contributed by atoms with Crippen LogP contribution in [0.5, 0.6) is 0 Å². The van der Waals surface area contributed by atoms with E-state index in [1.807, 2.05) is 13.0 Å². The van der Waals surface area contributed by atoms with Crippen LogP contribution in [0.25, 0.3) is 0 Å². The van der Waals surface area contributed by atoms with Crippen LogP contribution in [0.4, 0.5) is 17.1 Å². The van der Waals surface area contributed by atoms with E-state index in [0.29, 0.717) is 24.0 Å². The van der Waals surface area contributed by atoms with Gasteiger partial charge in [-0.1, -0.05) is 6.07 Å². The van der Waals surface area contributed by atoms with Gasteiger partial charge in [0.1, 0.15) is 11.4 Å². The number of benzene rings is 1. The zero-order valence-electron chi connectivity index (χ0n) is 12.8. The summed E-state index contributed by atoms with van der Waals surface area (Å²) in [5.74, 6) is 0. The maximum Gasteiger partial charge on any atom is 0.315 e. The topological polar surface area (TPSA) is 70.4 Å². The van der Waals surface area contributed by atoms with E-state index in [2.05, 4.69) is 22.5 Å². The van der Waals surface area contributed by atoms with Crippen molar-refractivity contribution in [1.82, 2.24) is 4.90 Å². The smallest absolute Gasteiger partial charge is 0.315 e. The number of rotatable bonds is 7. The van der Waals surface area contributed by atoms with Crippen molar-refractivity contribution in [1.29, 1.82) is 0 Å². The van der Waals surface area contributed by atoms with Gasteiger partial charge in [-0.3, -0.25) is 15.0 Å². The Morgan fingerprint density at radius 3 is 2.48 bits per heavy atom. The molecule has 1 aromatic carbocycles. The van der Waals surface area contributed by atoms with Crippen LogP contribution in [-0.2, 0) is 0 Å². The molecule has 1 aliphatic rings. The lowest BCUT2D eigenvalue weighted by Gasteiger charge is -2.24. The third kappa shape index (κ3) is 3.85. The lowest BCUT2D eigenvalue weighted by atomic mass is 10.2. The van der Waals surface area contributed by atoms with Crippen LogP contribution in [0.3, 0.4) is 0 Å². The molecule has 0 spiro atoms. The van der Waals surface area contributed by atoms with Crippen LogP contribution in [0.1, 0.15) is 26.7 Å². The summed E-state index contributed by atoms with van der Waals surface area (Å²) in [4.78, 5) is 13.4. The third-order valence-electron chi connectivity index (χ3n) is 3.94. The minimum atomic E-state index is -0.319. The maximum absolute atomic E-state index is 11.3. The minimum absolute atomic E-state index is 0.132. The Balaban J connectivity index is 2.08. The summed E-state index contributed by atoms with van der Waals surface area (Å²) in [6.45, 7) is 7.73. The fourth-order valence-electron chi connectivity index (χ4n) is 2.79. The first-order valence-electron chi connectivity index (χ1n) is 7.62. The van der Waals surface area contributed by atoms with Crippen LogP contribution < -0.4 is 10.6 Å². The fraction of sp³-hybridized carbons (Fsp3) is 0.600. The Labute approximate surface area is 125 Å². The summed E-state index contributed by atoms with van der Waals surface area (Å²) in [5, 5.41) is 17.6. The molecule has 0 bridgehead atoms. The number of para-hydroxylation sites is 1. The monoisotopic (exact) mass is 292 g/mol. The molecule has 116 valence electrons. The van der Waals surface area contributed by atoms with Gasteiger partial charge in [0.15, 0.2) is 0 Å². The zero-order chi connectivity index (χ0) is 15.2. The lowest BCUT2D eigenvalue weighted by molar-refractivity contribution is -0.383. The molecule has 2 N–H and O–H groups in total. The van der Waals surface area contributed by atoms with Crippen LogP contribution >= 0.6 is 0 Å². The van der Waals surface area contributed by atoms with E-state index in [0.717, 1.165) is 19.6 Å². The highest BCUT2D eigenvalue weighted by atomic mass is 16.6. The van der Waals surface area contributed by atoms with Crippen molar-refractivity contribution in [3.8, 4) is 0 Å². The molecule has 0 radical (unpaired) electrons. The molecule has 2 rings (SSSR count). The SMILES string of the molecule is CCNc1cccc(NCC(C)N2CCCC2)c1[N+](=O)[O-]. The summed E-state index contributed by atoms with van der Waals surface area (Å²) < 4.78 is 0. The Bertz CT molecular complexity index is 487.